The summed E-state index contributed by atoms with van der Waals surface area (Å²) in [5.41, 5.74) is 0.00797. The summed E-state index contributed by atoms with van der Waals surface area (Å²) >= 11 is 1.64. The lowest BCUT2D eigenvalue weighted by Gasteiger charge is -2.17. The number of hydrogen-bond acceptors (Lipinski definition) is 10. The molecule has 0 spiro atoms. The minimum atomic E-state index is -5.08. The van der Waals surface area contributed by atoms with Gasteiger partial charge in [0.25, 0.3) is 5.92 Å². The maximum Gasteiger partial charge on any atom is 0.490 e. The third kappa shape index (κ3) is 7.14. The highest BCUT2D eigenvalue weighted by atomic mass is 32.1. The molecule has 3 heterocycles. The molecule has 3 aromatic rings. The highest BCUT2D eigenvalue weighted by Gasteiger charge is 2.69. The van der Waals surface area contributed by atoms with Crippen molar-refractivity contribution in [2.24, 2.45) is 11.8 Å². The molecule has 3 atom stereocenters. The Balaban J connectivity index is 0.000000532. The van der Waals surface area contributed by atoms with Crippen molar-refractivity contribution in [1.29, 1.82) is 0 Å². The average Bonchev–Trinajstić information content (AvgIpc) is 3.45. The Morgan fingerprint density at radius 3 is 2.46 bits per heavy atom. The van der Waals surface area contributed by atoms with E-state index in [0.29, 0.717) is 6.54 Å². The average molecular weight is 581 g/mol. The number of carboxylic acid groups (broad SMARTS) is 1. The molecular weight excluding hydrogens is 555 g/mol. The van der Waals surface area contributed by atoms with E-state index < -0.39 is 41.9 Å². The number of rotatable bonds is 10. The van der Waals surface area contributed by atoms with Crippen LogP contribution in [0.2, 0.25) is 0 Å². The van der Waals surface area contributed by atoms with Gasteiger partial charge in [-0.25, -0.2) is 28.0 Å². The van der Waals surface area contributed by atoms with Gasteiger partial charge in [-0.2, -0.15) is 13.2 Å². The molecule has 3 aromatic heterocycles. The summed E-state index contributed by atoms with van der Waals surface area (Å²) in [6.07, 6.45) is -3.04. The van der Waals surface area contributed by atoms with Gasteiger partial charge in [-0.15, -0.1) is 16.4 Å². The third-order valence-electron chi connectivity index (χ3n) is 5.89. The molecule has 1 unspecified atom stereocenters. The van der Waals surface area contributed by atoms with Crippen molar-refractivity contribution in [2.45, 2.75) is 58.4 Å². The van der Waals surface area contributed by atoms with Crippen LogP contribution in [-0.4, -0.2) is 60.9 Å². The number of carbonyl (C=O) groups is 2. The lowest BCUT2D eigenvalue weighted by molar-refractivity contribution is -0.192. The van der Waals surface area contributed by atoms with Crippen LogP contribution in [0.15, 0.2) is 22.9 Å². The highest BCUT2D eigenvalue weighted by Crippen LogP contribution is 2.60. The fourth-order valence-corrected chi connectivity index (χ4v) is 4.66. The van der Waals surface area contributed by atoms with Gasteiger partial charge in [-0.05, 0) is 35.9 Å². The second-order valence-corrected chi connectivity index (χ2v) is 9.66. The molecule has 1 saturated carbocycles. The first-order chi connectivity index (χ1) is 18.3. The van der Waals surface area contributed by atoms with Crippen LogP contribution in [0.4, 0.5) is 22.0 Å². The van der Waals surface area contributed by atoms with Gasteiger partial charge in [0.1, 0.15) is 6.54 Å². The number of carbonyl (C=O) groups excluding carboxylic acids is 1. The summed E-state index contributed by atoms with van der Waals surface area (Å²) in [4.78, 5) is 27.2. The third-order valence-corrected chi connectivity index (χ3v) is 7.12. The van der Waals surface area contributed by atoms with Crippen LogP contribution in [0.1, 0.15) is 58.6 Å². The Morgan fingerprint density at radius 2 is 1.92 bits per heavy atom. The Hall–Kier alpha value is -3.47. The summed E-state index contributed by atoms with van der Waals surface area (Å²) in [6, 6.07) is 3.25. The molecule has 0 bridgehead atoms. The predicted molar refractivity (Wildman–Crippen MR) is 124 cm³/mol. The molecular formula is C22H25F5N6O5S. The number of ether oxygens (including phenoxy) is 1. The number of aromatic nitrogens is 5. The smallest absolute Gasteiger partial charge is 0.475 e. The summed E-state index contributed by atoms with van der Waals surface area (Å²) in [6.45, 7) is 5.83. The predicted octanol–water partition coefficient (Wildman–Crippen LogP) is 3.88. The zero-order valence-electron chi connectivity index (χ0n) is 20.9. The van der Waals surface area contributed by atoms with Crippen molar-refractivity contribution < 1.29 is 45.8 Å². The molecule has 11 nitrogen and oxygen atoms in total. The van der Waals surface area contributed by atoms with E-state index in [1.54, 1.807) is 18.3 Å². The molecule has 1 fully saturated rings. The van der Waals surface area contributed by atoms with Gasteiger partial charge in [-0.1, -0.05) is 13.8 Å². The number of hydrogen-bond donors (Lipinski definition) is 2. The summed E-state index contributed by atoms with van der Waals surface area (Å²) in [7, 11) is 0. The first-order valence-electron chi connectivity index (χ1n) is 11.7. The number of oxazole rings is 1. The van der Waals surface area contributed by atoms with Gasteiger partial charge >= 0.3 is 18.1 Å². The van der Waals surface area contributed by atoms with Crippen molar-refractivity contribution >= 4 is 23.3 Å². The molecule has 17 heteroatoms. The summed E-state index contributed by atoms with van der Waals surface area (Å²) in [5, 5.41) is 22.0. The monoisotopic (exact) mass is 580 g/mol. The standard InChI is InChI=1S/C20H24F2N6O3S.C2HF3O2/c1-4-12-6-7-13(32-12)8-23-17(15-11(3)20(15,21)22)18-25-26-27-28(18)9-14-16(24-10-31-14)19(29)30-5-2;3-2(4,5)1(6)7/h6-7,10-11,15,17,23H,4-5,8-9H2,1-3H3;(H,6,7)/t11-,15+,17?;/m1./s1. The highest BCUT2D eigenvalue weighted by molar-refractivity contribution is 7.11. The van der Waals surface area contributed by atoms with E-state index in [9.17, 15) is 26.7 Å². The van der Waals surface area contributed by atoms with Gasteiger partial charge in [0.15, 0.2) is 23.7 Å². The maximum atomic E-state index is 14.4. The van der Waals surface area contributed by atoms with E-state index in [1.165, 1.54) is 16.5 Å². The Morgan fingerprint density at radius 1 is 1.28 bits per heavy atom. The van der Waals surface area contributed by atoms with Crippen LogP contribution in [0.25, 0.3) is 0 Å². The largest absolute Gasteiger partial charge is 0.490 e. The normalized spacial score (nSPS) is 18.7. The number of aryl methyl sites for hydroxylation is 1. The SMILES string of the molecule is CCOC(=O)c1ncoc1Cn1nnnc1C(NCc1ccc(CC)s1)[C@@H]1[C@@H](C)C1(F)F.O=C(O)C(F)(F)F. The minimum absolute atomic E-state index is 0.00797. The van der Waals surface area contributed by atoms with Gasteiger partial charge in [-0.3, -0.25) is 0 Å². The number of aliphatic carboxylic acids is 1. The van der Waals surface area contributed by atoms with E-state index >= 15 is 0 Å². The van der Waals surface area contributed by atoms with Crippen molar-refractivity contribution in [3.8, 4) is 0 Å². The molecule has 0 aromatic carbocycles. The summed E-state index contributed by atoms with van der Waals surface area (Å²) < 4.78 is 72.1. The Kier molecular flexibility index (Phi) is 9.37. The quantitative estimate of drug-likeness (QED) is 0.268. The van der Waals surface area contributed by atoms with Crippen LogP contribution >= 0.6 is 11.3 Å². The van der Waals surface area contributed by atoms with Crippen LogP contribution < -0.4 is 5.32 Å². The maximum absolute atomic E-state index is 14.4. The fraction of sp³-hybridized carbons (Fsp3) is 0.545. The molecule has 0 radical (unpaired) electrons. The topological polar surface area (TPSA) is 145 Å². The van der Waals surface area contributed by atoms with Crippen molar-refractivity contribution in [3.05, 3.63) is 45.6 Å². The fourth-order valence-electron chi connectivity index (χ4n) is 3.75. The number of thiophene rings is 1. The van der Waals surface area contributed by atoms with Gasteiger partial charge in [0, 0.05) is 22.2 Å². The minimum Gasteiger partial charge on any atom is -0.475 e. The van der Waals surface area contributed by atoms with E-state index in [4.69, 9.17) is 19.1 Å². The van der Waals surface area contributed by atoms with Crippen LogP contribution in [0.3, 0.4) is 0 Å². The number of alkyl halides is 5. The second-order valence-electron chi connectivity index (χ2n) is 8.41. The number of esters is 1. The molecule has 39 heavy (non-hydrogen) atoms. The van der Waals surface area contributed by atoms with Crippen molar-refractivity contribution in [2.75, 3.05) is 6.61 Å². The van der Waals surface area contributed by atoms with E-state index in [0.717, 1.165) is 17.7 Å². The van der Waals surface area contributed by atoms with Crippen LogP contribution in [-0.2, 0) is 29.0 Å². The first kappa shape index (κ1) is 30.1. The molecule has 1 aliphatic carbocycles. The molecule has 214 valence electrons. The van der Waals surface area contributed by atoms with Gasteiger partial charge in [0.05, 0.1) is 18.6 Å². The number of nitrogens with one attached hydrogen (secondary N) is 1. The van der Waals surface area contributed by atoms with Crippen molar-refractivity contribution in [3.63, 3.8) is 0 Å². The molecule has 0 amide bonds. The van der Waals surface area contributed by atoms with E-state index in [-0.39, 0.29) is 30.4 Å². The van der Waals surface area contributed by atoms with E-state index in [1.807, 2.05) is 12.1 Å². The number of carboxylic acids is 1. The zero-order chi connectivity index (χ0) is 29.0. The lowest BCUT2D eigenvalue weighted by atomic mass is 10.1. The van der Waals surface area contributed by atoms with E-state index in [2.05, 4.69) is 32.7 Å². The molecule has 0 saturated heterocycles. The number of nitrogens with zero attached hydrogens (tertiary/aromatic N) is 5. The lowest BCUT2D eigenvalue weighted by Crippen LogP contribution is -2.28. The van der Waals surface area contributed by atoms with Crippen LogP contribution in [0.5, 0.6) is 0 Å². The Labute approximate surface area is 222 Å². The van der Waals surface area contributed by atoms with Crippen molar-refractivity contribution in [1.82, 2.24) is 30.5 Å². The van der Waals surface area contributed by atoms with Crippen LogP contribution in [0, 0.1) is 11.8 Å². The molecule has 0 aliphatic heterocycles. The number of tetrazole rings is 1. The second kappa shape index (κ2) is 12.1. The van der Waals surface area contributed by atoms with Gasteiger partial charge in [0.2, 0.25) is 0 Å². The summed E-state index contributed by atoms with van der Waals surface area (Å²) in [5.74, 6) is -7.52. The molecule has 2 N–H and O–H groups in total. The number of halogens is 5. The van der Waals surface area contributed by atoms with Gasteiger partial charge < -0.3 is 19.6 Å². The zero-order valence-corrected chi connectivity index (χ0v) is 21.7. The molecule has 1 aliphatic rings. The first-order valence-corrected chi connectivity index (χ1v) is 12.5. The Bertz CT molecular complexity index is 1280. The molecule has 4 rings (SSSR count).